The fourth-order valence-electron chi connectivity index (χ4n) is 2.68. The minimum Gasteiger partial charge on any atom is -0.452 e. The Morgan fingerprint density at radius 2 is 2.04 bits per heavy atom. The molecule has 8 nitrogen and oxygen atoms in total. The second kappa shape index (κ2) is 8.06. The van der Waals surface area contributed by atoms with Gasteiger partial charge in [0.25, 0.3) is 11.6 Å². The van der Waals surface area contributed by atoms with Gasteiger partial charge in [0.05, 0.1) is 16.6 Å². The zero-order chi connectivity index (χ0) is 18.3. The third kappa shape index (κ3) is 4.88. The Kier molecular flexibility index (Phi) is 5.84. The molecule has 25 heavy (non-hydrogen) atoms. The number of rotatable bonds is 6. The van der Waals surface area contributed by atoms with E-state index < -0.39 is 28.9 Å². The number of nitrogens with zero attached hydrogens (tertiary/aromatic N) is 2. The third-order valence-electron chi connectivity index (χ3n) is 3.93. The van der Waals surface area contributed by atoms with Crippen LogP contribution in [0.1, 0.15) is 31.2 Å². The second-order valence-corrected chi connectivity index (χ2v) is 5.71. The van der Waals surface area contributed by atoms with Gasteiger partial charge >= 0.3 is 5.97 Å². The van der Waals surface area contributed by atoms with Crippen LogP contribution < -0.4 is 5.32 Å². The van der Waals surface area contributed by atoms with E-state index >= 15 is 0 Å². The van der Waals surface area contributed by atoms with Crippen molar-refractivity contribution in [1.82, 2.24) is 5.32 Å². The summed E-state index contributed by atoms with van der Waals surface area (Å²) in [5, 5.41) is 22.7. The van der Waals surface area contributed by atoms with Crippen LogP contribution in [0.2, 0.25) is 0 Å². The molecule has 0 aromatic heterocycles. The number of ether oxygens (including phenoxy) is 1. The Morgan fingerprint density at radius 3 is 2.68 bits per heavy atom. The zero-order valence-corrected chi connectivity index (χ0v) is 13.4. The first-order valence-electron chi connectivity index (χ1n) is 7.76. The highest BCUT2D eigenvalue weighted by molar-refractivity contribution is 5.90. The largest absolute Gasteiger partial charge is 0.452 e. The van der Waals surface area contributed by atoms with Crippen LogP contribution in [0.4, 0.5) is 5.69 Å². The summed E-state index contributed by atoms with van der Waals surface area (Å²) in [6.45, 7) is -0.510. The lowest BCUT2D eigenvalue weighted by atomic mass is 10.00. The maximum Gasteiger partial charge on any atom is 0.331 e. The van der Waals surface area contributed by atoms with Gasteiger partial charge in [-0.15, -0.1) is 0 Å². The molecular weight excluding hydrogens is 326 g/mol. The summed E-state index contributed by atoms with van der Waals surface area (Å²) in [7, 11) is 0. The van der Waals surface area contributed by atoms with E-state index in [1.165, 1.54) is 24.3 Å². The molecule has 0 radical (unpaired) electrons. The van der Waals surface area contributed by atoms with Gasteiger partial charge in [-0.25, -0.2) is 4.79 Å². The van der Waals surface area contributed by atoms with E-state index in [-0.39, 0.29) is 11.3 Å². The second-order valence-electron chi connectivity index (χ2n) is 5.71. The summed E-state index contributed by atoms with van der Waals surface area (Å²) in [4.78, 5) is 33.8. The number of nitriles is 1. The van der Waals surface area contributed by atoms with Gasteiger partial charge < -0.3 is 10.1 Å². The van der Waals surface area contributed by atoms with E-state index in [4.69, 9.17) is 4.74 Å². The van der Waals surface area contributed by atoms with Gasteiger partial charge in [0.2, 0.25) is 0 Å². The predicted molar refractivity (Wildman–Crippen MR) is 88.0 cm³/mol. The molecule has 1 saturated carbocycles. The summed E-state index contributed by atoms with van der Waals surface area (Å²) in [6.07, 6.45) is 5.18. The van der Waals surface area contributed by atoms with Gasteiger partial charge in [-0.05, 0) is 37.8 Å². The number of hydrogen-bond donors (Lipinski definition) is 1. The first kappa shape index (κ1) is 18.1. The van der Waals surface area contributed by atoms with Crippen molar-refractivity contribution in [2.24, 2.45) is 0 Å². The molecule has 1 aliphatic rings. The molecule has 0 atom stereocenters. The number of carbonyl (C=O) groups is 2. The molecule has 1 N–H and O–H groups in total. The van der Waals surface area contributed by atoms with Crippen LogP contribution in [0, 0.1) is 21.4 Å². The van der Waals surface area contributed by atoms with Crippen molar-refractivity contribution in [3.63, 3.8) is 0 Å². The lowest BCUT2D eigenvalue weighted by Gasteiger charge is -2.21. The van der Waals surface area contributed by atoms with Crippen LogP contribution in [-0.4, -0.2) is 28.9 Å². The monoisotopic (exact) mass is 343 g/mol. The van der Waals surface area contributed by atoms with E-state index in [1.807, 2.05) is 0 Å². The summed E-state index contributed by atoms with van der Waals surface area (Å²) in [5.41, 5.74) is -0.756. The van der Waals surface area contributed by atoms with Crippen LogP contribution in [0.3, 0.4) is 0 Å². The lowest BCUT2D eigenvalue weighted by molar-refractivity contribution is -0.385. The number of carbonyl (C=O) groups excluding carboxylic acids is 2. The van der Waals surface area contributed by atoms with Crippen molar-refractivity contribution in [1.29, 1.82) is 5.26 Å². The first-order chi connectivity index (χ1) is 12.0. The van der Waals surface area contributed by atoms with E-state index in [9.17, 15) is 25.0 Å². The van der Waals surface area contributed by atoms with Gasteiger partial charge in [0.1, 0.15) is 5.54 Å². The topological polar surface area (TPSA) is 122 Å². The molecule has 1 aliphatic carbocycles. The average Bonchev–Trinajstić information content (AvgIpc) is 3.07. The van der Waals surface area contributed by atoms with Crippen molar-refractivity contribution >= 4 is 23.6 Å². The Labute approximate surface area is 144 Å². The molecule has 1 aromatic carbocycles. The third-order valence-corrected chi connectivity index (χ3v) is 3.93. The molecule has 1 fully saturated rings. The van der Waals surface area contributed by atoms with Crippen molar-refractivity contribution < 1.29 is 19.2 Å². The number of benzene rings is 1. The summed E-state index contributed by atoms with van der Waals surface area (Å²) < 4.78 is 4.81. The minimum absolute atomic E-state index is 0.138. The van der Waals surface area contributed by atoms with Crippen LogP contribution in [0.5, 0.6) is 0 Å². The number of para-hydroxylation sites is 1. The molecule has 1 aromatic rings. The molecule has 0 bridgehead atoms. The normalized spacial score (nSPS) is 15.5. The first-order valence-corrected chi connectivity index (χ1v) is 7.76. The highest BCUT2D eigenvalue weighted by atomic mass is 16.6. The molecule has 2 rings (SSSR count). The number of amides is 1. The smallest absolute Gasteiger partial charge is 0.331 e. The molecule has 8 heteroatoms. The quantitative estimate of drug-likeness (QED) is 0.365. The van der Waals surface area contributed by atoms with Crippen molar-refractivity contribution in [3.05, 3.63) is 46.0 Å². The highest BCUT2D eigenvalue weighted by Crippen LogP contribution is 2.28. The molecular formula is C17H17N3O5. The summed E-state index contributed by atoms with van der Waals surface area (Å²) >= 11 is 0. The number of nitro benzene ring substituents is 1. The zero-order valence-electron chi connectivity index (χ0n) is 13.4. The van der Waals surface area contributed by atoms with E-state index in [1.54, 1.807) is 6.07 Å². The van der Waals surface area contributed by atoms with E-state index in [0.717, 1.165) is 18.9 Å². The number of esters is 1. The molecule has 130 valence electrons. The van der Waals surface area contributed by atoms with E-state index in [0.29, 0.717) is 12.8 Å². The van der Waals surface area contributed by atoms with E-state index in [2.05, 4.69) is 11.4 Å². The summed E-state index contributed by atoms with van der Waals surface area (Å²) in [6, 6.07) is 8.05. The van der Waals surface area contributed by atoms with Crippen LogP contribution in [0.25, 0.3) is 6.08 Å². The fourth-order valence-corrected chi connectivity index (χ4v) is 2.68. The number of hydrogen-bond acceptors (Lipinski definition) is 6. The van der Waals surface area contributed by atoms with Crippen LogP contribution in [0.15, 0.2) is 30.3 Å². The van der Waals surface area contributed by atoms with Crippen LogP contribution in [-0.2, 0) is 14.3 Å². The van der Waals surface area contributed by atoms with Gasteiger partial charge in [-0.3, -0.25) is 14.9 Å². The maximum atomic E-state index is 11.8. The molecule has 1 amide bonds. The molecule has 0 unspecified atom stereocenters. The van der Waals surface area contributed by atoms with Gasteiger partial charge in [-0.1, -0.05) is 12.1 Å². The Bertz CT molecular complexity index is 745. The van der Waals surface area contributed by atoms with Gasteiger partial charge in [-0.2, -0.15) is 5.26 Å². The summed E-state index contributed by atoms with van der Waals surface area (Å²) in [5.74, 6) is -1.35. The number of nitrogens with one attached hydrogen (secondary N) is 1. The van der Waals surface area contributed by atoms with Crippen LogP contribution >= 0.6 is 0 Å². The maximum absolute atomic E-state index is 11.8. The SMILES string of the molecule is N#CC1(NC(=O)COC(=O)/C=C/c2ccccc2[N+](=O)[O-])CCCC1. The Morgan fingerprint density at radius 1 is 1.36 bits per heavy atom. The van der Waals surface area contributed by atoms with Crippen molar-refractivity contribution in [2.75, 3.05) is 6.61 Å². The highest BCUT2D eigenvalue weighted by Gasteiger charge is 2.35. The van der Waals surface area contributed by atoms with Gasteiger partial charge in [0, 0.05) is 12.1 Å². The standard InChI is InChI=1S/C17H17N3O5/c18-12-17(9-3-4-10-17)19-15(21)11-25-16(22)8-7-13-5-1-2-6-14(13)20(23)24/h1-2,5-8H,3-4,9-11H2,(H,19,21)/b8-7+. The minimum atomic E-state index is -0.871. The Hall–Kier alpha value is -3.21. The molecule has 0 aliphatic heterocycles. The molecule has 0 spiro atoms. The average molecular weight is 343 g/mol. The number of nitro groups is 1. The Balaban J connectivity index is 1.88. The molecule has 0 saturated heterocycles. The predicted octanol–water partition coefficient (Wildman–Crippen LogP) is 2.10. The van der Waals surface area contributed by atoms with Gasteiger partial charge in [0.15, 0.2) is 6.61 Å². The van der Waals surface area contributed by atoms with Crippen molar-refractivity contribution in [3.8, 4) is 6.07 Å². The lowest BCUT2D eigenvalue weighted by Crippen LogP contribution is -2.46. The fraction of sp³-hybridized carbons (Fsp3) is 0.353. The van der Waals surface area contributed by atoms with Crippen molar-refractivity contribution in [2.45, 2.75) is 31.2 Å². The molecule has 0 heterocycles.